The third-order valence-corrected chi connectivity index (χ3v) is 3.66. The van der Waals surface area contributed by atoms with E-state index in [-0.39, 0.29) is 11.8 Å². The molecule has 0 aliphatic carbocycles. The Bertz CT molecular complexity index is 654. The van der Waals surface area contributed by atoms with Crippen LogP contribution in [0, 0.1) is 0 Å². The lowest BCUT2D eigenvalue weighted by Crippen LogP contribution is -2.29. The van der Waals surface area contributed by atoms with Crippen molar-refractivity contribution in [3.05, 3.63) is 59.7 Å². The van der Waals surface area contributed by atoms with Crippen molar-refractivity contribution in [3.63, 3.8) is 0 Å². The molecule has 3 rings (SSSR count). The number of amides is 1. The summed E-state index contributed by atoms with van der Waals surface area (Å²) in [5, 5.41) is 2.96. The predicted molar refractivity (Wildman–Crippen MR) is 80.0 cm³/mol. The summed E-state index contributed by atoms with van der Waals surface area (Å²) >= 11 is 0. The van der Waals surface area contributed by atoms with Crippen LogP contribution in [-0.2, 0) is 0 Å². The minimum atomic E-state index is -0.128. The van der Waals surface area contributed by atoms with Crippen LogP contribution in [0.2, 0.25) is 0 Å². The Kier molecular flexibility index (Phi) is 3.77. The fourth-order valence-electron chi connectivity index (χ4n) is 2.54. The van der Waals surface area contributed by atoms with Gasteiger partial charge in [-0.3, -0.25) is 4.79 Å². The van der Waals surface area contributed by atoms with E-state index in [9.17, 15) is 4.79 Å². The van der Waals surface area contributed by atoms with Gasteiger partial charge in [-0.05, 0) is 18.2 Å². The van der Waals surface area contributed by atoms with E-state index in [1.807, 2.05) is 36.4 Å². The van der Waals surface area contributed by atoms with Crippen molar-refractivity contribution in [2.24, 2.45) is 0 Å². The number of carbonyl (C=O) groups excluding carboxylic acids is 1. The monoisotopic (exact) mass is 283 g/mol. The van der Waals surface area contributed by atoms with Crippen molar-refractivity contribution in [1.29, 1.82) is 0 Å². The average Bonchev–Trinajstić information content (AvgIpc) is 2.96. The highest BCUT2D eigenvalue weighted by atomic mass is 16.5. The quantitative estimate of drug-likeness (QED) is 0.938. The SMILES string of the molecule is COc1ccccc1C(=O)NCC1COc2ccccc21. The average molecular weight is 283 g/mol. The number of para-hydroxylation sites is 2. The van der Waals surface area contributed by atoms with Crippen LogP contribution in [-0.4, -0.2) is 26.2 Å². The highest BCUT2D eigenvalue weighted by Crippen LogP contribution is 2.32. The molecule has 1 N–H and O–H groups in total. The first-order chi connectivity index (χ1) is 10.3. The van der Waals surface area contributed by atoms with Gasteiger partial charge < -0.3 is 14.8 Å². The minimum Gasteiger partial charge on any atom is -0.496 e. The molecule has 0 fully saturated rings. The zero-order valence-electron chi connectivity index (χ0n) is 11.8. The number of ether oxygens (including phenoxy) is 2. The zero-order valence-corrected chi connectivity index (χ0v) is 11.8. The molecule has 1 aliphatic rings. The molecule has 1 amide bonds. The third kappa shape index (κ3) is 2.70. The molecule has 1 atom stereocenters. The highest BCUT2D eigenvalue weighted by Gasteiger charge is 2.24. The number of methoxy groups -OCH3 is 1. The molecule has 0 spiro atoms. The normalized spacial score (nSPS) is 16.0. The first-order valence-electron chi connectivity index (χ1n) is 6.92. The Morgan fingerprint density at radius 1 is 1.24 bits per heavy atom. The van der Waals surface area contributed by atoms with E-state index in [1.165, 1.54) is 0 Å². The number of benzene rings is 2. The lowest BCUT2D eigenvalue weighted by molar-refractivity contribution is 0.0947. The van der Waals surface area contributed by atoms with Crippen LogP contribution >= 0.6 is 0 Å². The zero-order chi connectivity index (χ0) is 14.7. The van der Waals surface area contributed by atoms with Crippen LogP contribution in [0.1, 0.15) is 21.8 Å². The summed E-state index contributed by atoms with van der Waals surface area (Å²) in [4.78, 5) is 12.3. The van der Waals surface area contributed by atoms with Gasteiger partial charge in [0.1, 0.15) is 11.5 Å². The van der Waals surface area contributed by atoms with Crippen molar-refractivity contribution in [3.8, 4) is 11.5 Å². The van der Waals surface area contributed by atoms with E-state index < -0.39 is 0 Å². The number of fused-ring (bicyclic) bond motifs is 1. The van der Waals surface area contributed by atoms with Gasteiger partial charge in [0.2, 0.25) is 0 Å². The Hall–Kier alpha value is -2.49. The molecule has 0 bridgehead atoms. The van der Waals surface area contributed by atoms with Gasteiger partial charge in [-0.25, -0.2) is 0 Å². The van der Waals surface area contributed by atoms with E-state index in [2.05, 4.69) is 5.32 Å². The number of hydrogen-bond donors (Lipinski definition) is 1. The lowest BCUT2D eigenvalue weighted by atomic mass is 10.0. The van der Waals surface area contributed by atoms with Crippen molar-refractivity contribution >= 4 is 5.91 Å². The molecule has 21 heavy (non-hydrogen) atoms. The maximum absolute atomic E-state index is 12.3. The molecule has 108 valence electrons. The summed E-state index contributed by atoms with van der Waals surface area (Å²) in [6, 6.07) is 15.1. The van der Waals surface area contributed by atoms with Crippen LogP contribution in [0.3, 0.4) is 0 Å². The van der Waals surface area contributed by atoms with Crippen LogP contribution in [0.5, 0.6) is 11.5 Å². The topological polar surface area (TPSA) is 47.6 Å². The van der Waals surface area contributed by atoms with Gasteiger partial charge in [0.05, 0.1) is 19.3 Å². The second-order valence-corrected chi connectivity index (χ2v) is 4.96. The minimum absolute atomic E-state index is 0.128. The molecule has 1 heterocycles. The standard InChI is InChI=1S/C17H17NO3/c1-20-15-8-4-3-7-14(15)17(19)18-10-12-11-21-16-9-5-2-6-13(12)16/h2-9,12H,10-11H2,1H3,(H,18,19). The molecule has 0 aromatic heterocycles. The van der Waals surface area contributed by atoms with E-state index in [0.717, 1.165) is 11.3 Å². The summed E-state index contributed by atoms with van der Waals surface area (Å²) in [6.45, 7) is 1.15. The van der Waals surface area contributed by atoms with Gasteiger partial charge >= 0.3 is 0 Å². The summed E-state index contributed by atoms with van der Waals surface area (Å²) in [5.74, 6) is 1.56. The first kappa shape index (κ1) is 13.5. The summed E-state index contributed by atoms with van der Waals surface area (Å²) in [6.07, 6.45) is 0. The lowest BCUT2D eigenvalue weighted by Gasteiger charge is -2.12. The van der Waals surface area contributed by atoms with Gasteiger partial charge in [0.15, 0.2) is 0 Å². The van der Waals surface area contributed by atoms with Gasteiger partial charge in [0.25, 0.3) is 5.91 Å². The Balaban J connectivity index is 1.67. The number of carbonyl (C=O) groups is 1. The molecular weight excluding hydrogens is 266 g/mol. The molecule has 4 heteroatoms. The smallest absolute Gasteiger partial charge is 0.255 e. The van der Waals surface area contributed by atoms with Gasteiger partial charge in [0, 0.05) is 18.0 Å². The van der Waals surface area contributed by atoms with Crippen LogP contribution < -0.4 is 14.8 Å². The van der Waals surface area contributed by atoms with Gasteiger partial charge in [-0.15, -0.1) is 0 Å². The van der Waals surface area contributed by atoms with Gasteiger partial charge in [-0.2, -0.15) is 0 Å². The predicted octanol–water partition coefficient (Wildman–Crippen LogP) is 2.60. The summed E-state index contributed by atoms with van der Waals surface area (Å²) in [7, 11) is 1.56. The second kappa shape index (κ2) is 5.87. The van der Waals surface area contributed by atoms with Crippen molar-refractivity contribution < 1.29 is 14.3 Å². The van der Waals surface area contributed by atoms with E-state index in [1.54, 1.807) is 19.2 Å². The number of hydrogen-bond acceptors (Lipinski definition) is 3. The Morgan fingerprint density at radius 2 is 2.00 bits per heavy atom. The van der Waals surface area contributed by atoms with Crippen molar-refractivity contribution in [2.75, 3.05) is 20.3 Å². The molecule has 2 aromatic carbocycles. The summed E-state index contributed by atoms with van der Waals surface area (Å²) in [5.41, 5.74) is 1.70. The van der Waals surface area contributed by atoms with Gasteiger partial charge in [-0.1, -0.05) is 30.3 Å². The van der Waals surface area contributed by atoms with E-state index in [0.29, 0.717) is 24.5 Å². The van der Waals surface area contributed by atoms with E-state index in [4.69, 9.17) is 9.47 Å². The molecular formula is C17H17NO3. The van der Waals surface area contributed by atoms with Crippen LogP contribution in [0.25, 0.3) is 0 Å². The maximum atomic E-state index is 12.3. The fraction of sp³-hybridized carbons (Fsp3) is 0.235. The van der Waals surface area contributed by atoms with Crippen LogP contribution in [0.15, 0.2) is 48.5 Å². The summed E-state index contributed by atoms with van der Waals surface area (Å²) < 4.78 is 10.8. The second-order valence-electron chi connectivity index (χ2n) is 4.96. The molecule has 1 unspecified atom stereocenters. The molecule has 4 nitrogen and oxygen atoms in total. The molecule has 0 saturated heterocycles. The first-order valence-corrected chi connectivity index (χ1v) is 6.92. The molecule has 0 radical (unpaired) electrons. The molecule has 1 aliphatic heterocycles. The van der Waals surface area contributed by atoms with Crippen molar-refractivity contribution in [1.82, 2.24) is 5.32 Å². The largest absolute Gasteiger partial charge is 0.496 e. The Labute approximate surface area is 123 Å². The third-order valence-electron chi connectivity index (χ3n) is 3.66. The molecule has 0 saturated carbocycles. The van der Waals surface area contributed by atoms with Crippen LogP contribution in [0.4, 0.5) is 0 Å². The van der Waals surface area contributed by atoms with Crippen molar-refractivity contribution in [2.45, 2.75) is 5.92 Å². The molecule has 2 aromatic rings. The number of rotatable bonds is 4. The van der Waals surface area contributed by atoms with E-state index >= 15 is 0 Å². The maximum Gasteiger partial charge on any atom is 0.255 e. The number of nitrogens with one attached hydrogen (secondary N) is 1. The fourth-order valence-corrected chi connectivity index (χ4v) is 2.54. The Morgan fingerprint density at radius 3 is 2.86 bits per heavy atom. The highest BCUT2D eigenvalue weighted by molar-refractivity contribution is 5.96.